The summed E-state index contributed by atoms with van der Waals surface area (Å²) in [5.41, 5.74) is 0. The fourth-order valence-electron chi connectivity index (χ4n) is 4.12. The topological polar surface area (TPSA) is 86.8 Å². The van der Waals surface area contributed by atoms with Gasteiger partial charge in [-0.15, -0.1) is 0 Å². The first-order valence-corrected chi connectivity index (χ1v) is 10.7. The molecule has 136 valence electrons. The predicted molar refractivity (Wildman–Crippen MR) is 90.2 cm³/mol. The lowest BCUT2D eigenvalue weighted by atomic mass is 10.0. The number of sulfone groups is 1. The average molecular weight is 357 g/mol. The molecule has 0 spiro atoms. The minimum absolute atomic E-state index is 0.0465. The summed E-state index contributed by atoms with van der Waals surface area (Å²) >= 11 is 0. The summed E-state index contributed by atoms with van der Waals surface area (Å²) in [5, 5.41) is 3.29. The van der Waals surface area contributed by atoms with Crippen LogP contribution in [0, 0.1) is 5.92 Å². The SMILES string of the molecule is CCCN(C(=O)C1CC(=O)N(C2CCS(=O)(=O)C2)C1)C1CCNC1. The highest BCUT2D eigenvalue weighted by molar-refractivity contribution is 7.91. The Hall–Kier alpha value is -1.15. The van der Waals surface area contributed by atoms with Gasteiger partial charge in [-0.05, 0) is 25.8 Å². The Bertz CT molecular complexity index is 600. The summed E-state index contributed by atoms with van der Waals surface area (Å²) in [7, 11) is -3.03. The van der Waals surface area contributed by atoms with E-state index in [0.29, 0.717) is 19.5 Å². The molecule has 3 atom stereocenters. The van der Waals surface area contributed by atoms with E-state index in [-0.39, 0.29) is 47.7 Å². The number of hydrogen-bond donors (Lipinski definition) is 1. The fourth-order valence-corrected chi connectivity index (χ4v) is 5.86. The van der Waals surface area contributed by atoms with Crippen molar-refractivity contribution in [3.05, 3.63) is 0 Å². The monoisotopic (exact) mass is 357 g/mol. The maximum atomic E-state index is 13.0. The van der Waals surface area contributed by atoms with Crippen molar-refractivity contribution in [2.75, 3.05) is 37.7 Å². The predicted octanol–water partition coefficient (Wildman–Crippen LogP) is -0.377. The molecule has 3 fully saturated rings. The molecule has 3 unspecified atom stereocenters. The summed E-state index contributed by atoms with van der Waals surface area (Å²) in [6.45, 7) is 4.88. The van der Waals surface area contributed by atoms with Gasteiger partial charge in [-0.2, -0.15) is 0 Å². The smallest absolute Gasteiger partial charge is 0.228 e. The van der Waals surface area contributed by atoms with Crippen LogP contribution in [-0.4, -0.2) is 79.8 Å². The van der Waals surface area contributed by atoms with Crippen molar-refractivity contribution in [1.82, 2.24) is 15.1 Å². The molecule has 0 radical (unpaired) electrons. The summed E-state index contributed by atoms with van der Waals surface area (Å²) in [6.07, 6.45) is 2.57. The summed E-state index contributed by atoms with van der Waals surface area (Å²) in [5.74, 6) is -0.146. The Balaban J connectivity index is 1.66. The van der Waals surface area contributed by atoms with Gasteiger partial charge in [0.2, 0.25) is 11.8 Å². The van der Waals surface area contributed by atoms with Crippen LogP contribution in [0.1, 0.15) is 32.6 Å². The minimum Gasteiger partial charge on any atom is -0.338 e. The van der Waals surface area contributed by atoms with E-state index in [1.165, 1.54) is 0 Å². The Labute approximate surface area is 143 Å². The van der Waals surface area contributed by atoms with Crippen LogP contribution in [0.3, 0.4) is 0 Å². The van der Waals surface area contributed by atoms with Crippen LogP contribution >= 0.6 is 0 Å². The van der Waals surface area contributed by atoms with Gasteiger partial charge in [-0.25, -0.2) is 8.42 Å². The van der Waals surface area contributed by atoms with Crippen LogP contribution in [-0.2, 0) is 19.4 Å². The molecular weight excluding hydrogens is 330 g/mol. The molecule has 7 nitrogen and oxygen atoms in total. The molecule has 3 heterocycles. The summed E-state index contributed by atoms with van der Waals surface area (Å²) in [4.78, 5) is 28.9. The van der Waals surface area contributed by atoms with E-state index in [0.717, 1.165) is 25.9 Å². The number of amides is 2. The number of hydrogen-bond acceptors (Lipinski definition) is 5. The number of rotatable bonds is 5. The Morgan fingerprint density at radius 3 is 2.75 bits per heavy atom. The Morgan fingerprint density at radius 1 is 1.38 bits per heavy atom. The molecule has 3 saturated heterocycles. The lowest BCUT2D eigenvalue weighted by molar-refractivity contribution is -0.137. The van der Waals surface area contributed by atoms with Crippen LogP contribution in [0.25, 0.3) is 0 Å². The molecule has 0 aromatic carbocycles. The molecule has 3 aliphatic rings. The van der Waals surface area contributed by atoms with Gasteiger partial charge >= 0.3 is 0 Å². The van der Waals surface area contributed by atoms with E-state index in [9.17, 15) is 18.0 Å². The maximum Gasteiger partial charge on any atom is 0.228 e. The van der Waals surface area contributed by atoms with E-state index < -0.39 is 9.84 Å². The van der Waals surface area contributed by atoms with Crippen LogP contribution in [0.15, 0.2) is 0 Å². The van der Waals surface area contributed by atoms with Crippen LogP contribution in [0.4, 0.5) is 0 Å². The standard InChI is InChI=1S/C16H27N3O4S/c1-2-6-18(13-3-5-17-9-13)16(21)12-8-15(20)19(10-12)14-4-7-24(22,23)11-14/h12-14,17H,2-11H2,1H3. The Morgan fingerprint density at radius 2 is 2.17 bits per heavy atom. The van der Waals surface area contributed by atoms with Gasteiger partial charge < -0.3 is 15.1 Å². The maximum absolute atomic E-state index is 13.0. The zero-order valence-electron chi connectivity index (χ0n) is 14.2. The van der Waals surface area contributed by atoms with Gasteiger partial charge in [0, 0.05) is 38.1 Å². The van der Waals surface area contributed by atoms with Crippen molar-refractivity contribution >= 4 is 21.7 Å². The fraction of sp³-hybridized carbons (Fsp3) is 0.875. The average Bonchev–Trinajstić information content (AvgIpc) is 3.24. The summed E-state index contributed by atoms with van der Waals surface area (Å²) in [6, 6.07) is -0.0264. The van der Waals surface area contributed by atoms with Crippen molar-refractivity contribution in [3.8, 4) is 0 Å². The zero-order chi connectivity index (χ0) is 17.3. The second kappa shape index (κ2) is 7.00. The molecule has 2 amide bonds. The molecule has 0 bridgehead atoms. The number of carbonyl (C=O) groups excluding carboxylic acids is 2. The van der Waals surface area contributed by atoms with Gasteiger partial charge in [0.15, 0.2) is 9.84 Å². The highest BCUT2D eigenvalue weighted by atomic mass is 32.2. The van der Waals surface area contributed by atoms with Gasteiger partial charge in [-0.1, -0.05) is 6.92 Å². The second-order valence-corrected chi connectivity index (χ2v) is 9.41. The lowest BCUT2D eigenvalue weighted by Gasteiger charge is -2.31. The Kier molecular flexibility index (Phi) is 5.15. The third-order valence-corrected chi connectivity index (χ3v) is 7.13. The minimum atomic E-state index is -3.03. The largest absolute Gasteiger partial charge is 0.338 e. The first-order valence-electron chi connectivity index (χ1n) is 8.92. The van der Waals surface area contributed by atoms with E-state index in [1.54, 1.807) is 4.90 Å². The van der Waals surface area contributed by atoms with Crippen molar-refractivity contribution < 1.29 is 18.0 Å². The lowest BCUT2D eigenvalue weighted by Crippen LogP contribution is -2.46. The van der Waals surface area contributed by atoms with Crippen molar-refractivity contribution in [2.45, 2.75) is 44.7 Å². The van der Waals surface area contributed by atoms with Crippen molar-refractivity contribution in [2.24, 2.45) is 5.92 Å². The second-order valence-electron chi connectivity index (χ2n) is 7.18. The molecule has 0 aliphatic carbocycles. The van der Waals surface area contributed by atoms with Gasteiger partial charge in [0.05, 0.1) is 17.4 Å². The van der Waals surface area contributed by atoms with E-state index in [4.69, 9.17) is 0 Å². The molecule has 3 aliphatic heterocycles. The third-order valence-electron chi connectivity index (χ3n) is 5.38. The number of nitrogens with zero attached hydrogens (tertiary/aromatic N) is 2. The number of carbonyl (C=O) groups is 2. The number of nitrogens with one attached hydrogen (secondary N) is 1. The first-order chi connectivity index (χ1) is 11.4. The molecule has 0 aromatic rings. The molecule has 0 saturated carbocycles. The van der Waals surface area contributed by atoms with Crippen LogP contribution in [0.2, 0.25) is 0 Å². The van der Waals surface area contributed by atoms with Crippen molar-refractivity contribution in [1.29, 1.82) is 0 Å². The molecular formula is C16H27N3O4S. The highest BCUT2D eigenvalue weighted by Crippen LogP contribution is 2.28. The van der Waals surface area contributed by atoms with E-state index in [2.05, 4.69) is 12.2 Å². The quantitative estimate of drug-likeness (QED) is 0.725. The molecule has 3 rings (SSSR count). The van der Waals surface area contributed by atoms with Gasteiger partial charge in [0.25, 0.3) is 0 Å². The third kappa shape index (κ3) is 3.59. The summed E-state index contributed by atoms with van der Waals surface area (Å²) < 4.78 is 23.3. The molecule has 24 heavy (non-hydrogen) atoms. The number of likely N-dealkylation sites (tertiary alicyclic amines) is 1. The van der Waals surface area contributed by atoms with Crippen molar-refractivity contribution in [3.63, 3.8) is 0 Å². The first kappa shape index (κ1) is 17.7. The zero-order valence-corrected chi connectivity index (χ0v) is 15.1. The highest BCUT2D eigenvalue weighted by Gasteiger charge is 2.43. The van der Waals surface area contributed by atoms with Crippen LogP contribution < -0.4 is 5.32 Å². The van der Waals surface area contributed by atoms with Gasteiger partial charge in [-0.3, -0.25) is 9.59 Å². The molecule has 0 aromatic heterocycles. The normalized spacial score (nSPS) is 32.5. The molecule has 8 heteroatoms. The van der Waals surface area contributed by atoms with E-state index in [1.807, 2.05) is 4.90 Å². The molecule has 1 N–H and O–H groups in total. The van der Waals surface area contributed by atoms with Gasteiger partial charge in [0.1, 0.15) is 0 Å². The van der Waals surface area contributed by atoms with Crippen LogP contribution in [0.5, 0.6) is 0 Å². The van der Waals surface area contributed by atoms with E-state index >= 15 is 0 Å².